The van der Waals surface area contributed by atoms with Crippen molar-refractivity contribution in [2.75, 3.05) is 13.2 Å². The van der Waals surface area contributed by atoms with Gasteiger partial charge in [-0.3, -0.25) is 4.90 Å². The highest BCUT2D eigenvalue weighted by atomic mass is 16.5. The molecular formula is C19H23N3O. The van der Waals surface area contributed by atoms with Crippen LogP contribution in [0, 0.1) is 0 Å². The van der Waals surface area contributed by atoms with Gasteiger partial charge in [-0.05, 0) is 35.6 Å². The van der Waals surface area contributed by atoms with E-state index in [0.29, 0.717) is 0 Å². The SMILES string of the molecule is CCCc1ncc2c(n1)CN(Cc1ccc3c(c1)CCO3)CC2. The second-order valence-electron chi connectivity index (χ2n) is 6.51. The third-order valence-corrected chi connectivity index (χ3v) is 4.71. The minimum atomic E-state index is 0.826. The minimum absolute atomic E-state index is 0.826. The van der Waals surface area contributed by atoms with Crippen LogP contribution in [0.2, 0.25) is 0 Å². The molecule has 0 radical (unpaired) electrons. The fourth-order valence-corrected chi connectivity index (χ4v) is 3.47. The quantitative estimate of drug-likeness (QED) is 0.870. The Hall–Kier alpha value is -1.94. The summed E-state index contributed by atoms with van der Waals surface area (Å²) in [5.41, 5.74) is 5.27. The molecule has 0 spiro atoms. The van der Waals surface area contributed by atoms with Crippen LogP contribution in [-0.4, -0.2) is 28.0 Å². The van der Waals surface area contributed by atoms with Crippen LogP contribution in [0.3, 0.4) is 0 Å². The first-order chi connectivity index (χ1) is 11.3. The highest BCUT2D eigenvalue weighted by Gasteiger charge is 2.19. The van der Waals surface area contributed by atoms with Gasteiger partial charge in [-0.1, -0.05) is 19.1 Å². The molecule has 1 aromatic carbocycles. The van der Waals surface area contributed by atoms with Crippen LogP contribution in [0.5, 0.6) is 5.75 Å². The van der Waals surface area contributed by atoms with Crippen LogP contribution in [0.15, 0.2) is 24.4 Å². The topological polar surface area (TPSA) is 38.2 Å². The van der Waals surface area contributed by atoms with E-state index in [9.17, 15) is 0 Å². The zero-order valence-corrected chi connectivity index (χ0v) is 13.7. The number of hydrogen-bond donors (Lipinski definition) is 0. The van der Waals surface area contributed by atoms with Crippen LogP contribution in [0.25, 0.3) is 0 Å². The first-order valence-corrected chi connectivity index (χ1v) is 8.62. The number of benzene rings is 1. The summed E-state index contributed by atoms with van der Waals surface area (Å²) in [6.07, 6.45) is 6.20. The summed E-state index contributed by atoms with van der Waals surface area (Å²) in [6.45, 7) is 6.00. The number of ether oxygens (including phenoxy) is 1. The number of rotatable bonds is 4. The second-order valence-corrected chi connectivity index (χ2v) is 6.51. The maximum absolute atomic E-state index is 5.60. The lowest BCUT2D eigenvalue weighted by Gasteiger charge is -2.28. The zero-order valence-electron chi connectivity index (χ0n) is 13.7. The number of aryl methyl sites for hydroxylation is 1. The predicted molar refractivity (Wildman–Crippen MR) is 89.5 cm³/mol. The van der Waals surface area contributed by atoms with Crippen molar-refractivity contribution in [3.8, 4) is 5.75 Å². The lowest BCUT2D eigenvalue weighted by molar-refractivity contribution is 0.240. The molecule has 0 saturated heterocycles. The Kier molecular flexibility index (Phi) is 4.00. The molecule has 2 aromatic rings. The third kappa shape index (κ3) is 3.08. The van der Waals surface area contributed by atoms with E-state index in [4.69, 9.17) is 9.72 Å². The Morgan fingerprint density at radius 2 is 2.17 bits per heavy atom. The van der Waals surface area contributed by atoms with Gasteiger partial charge in [-0.2, -0.15) is 0 Å². The van der Waals surface area contributed by atoms with Crippen molar-refractivity contribution in [1.82, 2.24) is 14.9 Å². The molecule has 4 heteroatoms. The normalized spacial score (nSPS) is 16.7. The molecule has 120 valence electrons. The molecule has 2 aliphatic rings. The Morgan fingerprint density at radius 1 is 1.22 bits per heavy atom. The molecule has 3 heterocycles. The molecule has 23 heavy (non-hydrogen) atoms. The lowest BCUT2D eigenvalue weighted by atomic mass is 10.0. The summed E-state index contributed by atoms with van der Waals surface area (Å²) in [5.74, 6) is 2.05. The monoisotopic (exact) mass is 309 g/mol. The Morgan fingerprint density at radius 3 is 3.09 bits per heavy atom. The first kappa shape index (κ1) is 14.6. The van der Waals surface area contributed by atoms with Crippen LogP contribution < -0.4 is 4.74 Å². The van der Waals surface area contributed by atoms with Crippen molar-refractivity contribution >= 4 is 0 Å². The summed E-state index contributed by atoms with van der Waals surface area (Å²) >= 11 is 0. The van der Waals surface area contributed by atoms with Gasteiger partial charge in [0.25, 0.3) is 0 Å². The zero-order chi connectivity index (χ0) is 15.6. The van der Waals surface area contributed by atoms with Gasteiger partial charge < -0.3 is 4.74 Å². The van der Waals surface area contributed by atoms with Gasteiger partial charge in [-0.15, -0.1) is 0 Å². The molecule has 0 unspecified atom stereocenters. The molecular weight excluding hydrogens is 286 g/mol. The van der Waals surface area contributed by atoms with E-state index >= 15 is 0 Å². The van der Waals surface area contributed by atoms with Crippen LogP contribution in [0.4, 0.5) is 0 Å². The highest BCUT2D eigenvalue weighted by Crippen LogP contribution is 2.27. The summed E-state index contributed by atoms with van der Waals surface area (Å²) in [7, 11) is 0. The van der Waals surface area contributed by atoms with Crippen molar-refractivity contribution in [2.24, 2.45) is 0 Å². The largest absolute Gasteiger partial charge is 0.493 e. The molecule has 0 amide bonds. The van der Waals surface area contributed by atoms with E-state index in [0.717, 1.165) is 63.5 Å². The van der Waals surface area contributed by atoms with Gasteiger partial charge in [0.2, 0.25) is 0 Å². The van der Waals surface area contributed by atoms with Crippen molar-refractivity contribution in [3.05, 3.63) is 52.6 Å². The number of fused-ring (bicyclic) bond motifs is 2. The maximum Gasteiger partial charge on any atom is 0.128 e. The van der Waals surface area contributed by atoms with Crippen LogP contribution >= 0.6 is 0 Å². The average Bonchev–Trinajstić information content (AvgIpc) is 3.02. The first-order valence-electron chi connectivity index (χ1n) is 8.62. The summed E-state index contributed by atoms with van der Waals surface area (Å²) in [4.78, 5) is 11.8. The Bertz CT molecular complexity index is 714. The third-order valence-electron chi connectivity index (χ3n) is 4.71. The molecule has 0 aliphatic carbocycles. The molecule has 0 bridgehead atoms. The number of aromatic nitrogens is 2. The maximum atomic E-state index is 5.60. The summed E-state index contributed by atoms with van der Waals surface area (Å²) < 4.78 is 5.60. The molecule has 2 aliphatic heterocycles. The molecule has 1 aromatic heterocycles. The van der Waals surface area contributed by atoms with Crippen molar-refractivity contribution in [1.29, 1.82) is 0 Å². The molecule has 0 N–H and O–H groups in total. The second kappa shape index (κ2) is 6.28. The van der Waals surface area contributed by atoms with E-state index in [1.807, 2.05) is 6.20 Å². The molecule has 4 rings (SSSR count). The van der Waals surface area contributed by atoms with Crippen molar-refractivity contribution in [3.63, 3.8) is 0 Å². The van der Waals surface area contributed by atoms with E-state index in [2.05, 4.69) is 35.0 Å². The van der Waals surface area contributed by atoms with Gasteiger partial charge in [0, 0.05) is 38.7 Å². The fraction of sp³-hybridized carbons (Fsp3) is 0.474. The van der Waals surface area contributed by atoms with Gasteiger partial charge >= 0.3 is 0 Å². The highest BCUT2D eigenvalue weighted by molar-refractivity contribution is 5.39. The number of nitrogens with zero attached hydrogens (tertiary/aromatic N) is 3. The average molecular weight is 309 g/mol. The standard InChI is InChI=1S/C19H23N3O/c1-2-3-19-20-11-16-6-8-22(13-17(16)21-19)12-14-4-5-18-15(10-14)7-9-23-18/h4-5,10-11H,2-3,6-9,12-13H2,1H3. The molecule has 0 fully saturated rings. The Labute approximate surface area is 137 Å². The van der Waals surface area contributed by atoms with E-state index in [1.54, 1.807) is 0 Å². The predicted octanol–water partition coefficient (Wildman–Crippen LogP) is 2.92. The van der Waals surface area contributed by atoms with E-state index in [-0.39, 0.29) is 0 Å². The van der Waals surface area contributed by atoms with E-state index < -0.39 is 0 Å². The molecule has 0 atom stereocenters. The lowest BCUT2D eigenvalue weighted by Crippen LogP contribution is -2.31. The van der Waals surface area contributed by atoms with Gasteiger partial charge in [0.05, 0.1) is 12.3 Å². The van der Waals surface area contributed by atoms with Gasteiger partial charge in [0.1, 0.15) is 11.6 Å². The van der Waals surface area contributed by atoms with E-state index in [1.165, 1.54) is 22.4 Å². The van der Waals surface area contributed by atoms with Crippen LogP contribution in [0.1, 0.15) is 41.6 Å². The minimum Gasteiger partial charge on any atom is -0.493 e. The van der Waals surface area contributed by atoms with Gasteiger partial charge in [-0.25, -0.2) is 9.97 Å². The van der Waals surface area contributed by atoms with Crippen molar-refractivity contribution < 1.29 is 4.74 Å². The van der Waals surface area contributed by atoms with Gasteiger partial charge in [0.15, 0.2) is 0 Å². The fourth-order valence-electron chi connectivity index (χ4n) is 3.47. The molecule has 0 saturated carbocycles. The Balaban J connectivity index is 1.48. The summed E-state index contributed by atoms with van der Waals surface area (Å²) in [6, 6.07) is 6.62. The van der Waals surface area contributed by atoms with Crippen molar-refractivity contribution in [2.45, 2.75) is 45.7 Å². The summed E-state index contributed by atoms with van der Waals surface area (Å²) in [5, 5.41) is 0. The number of hydrogen-bond acceptors (Lipinski definition) is 4. The molecule has 4 nitrogen and oxygen atoms in total. The van der Waals surface area contributed by atoms with Crippen LogP contribution in [-0.2, 0) is 32.4 Å². The smallest absolute Gasteiger partial charge is 0.128 e.